The lowest BCUT2D eigenvalue weighted by atomic mass is 9.94. The number of alkyl carbamates (subject to hydrolysis) is 1. The molecule has 8 nitrogen and oxygen atoms in total. The molecule has 1 aromatic carbocycles. The first kappa shape index (κ1) is 29.2. The maximum atomic E-state index is 13.8. The highest BCUT2D eigenvalue weighted by Crippen LogP contribution is 2.26. The Morgan fingerprint density at radius 3 is 2.22 bits per heavy atom. The van der Waals surface area contributed by atoms with Gasteiger partial charge in [0.2, 0.25) is 11.8 Å². The summed E-state index contributed by atoms with van der Waals surface area (Å²) in [5, 5.41) is 15.4. The van der Waals surface area contributed by atoms with Gasteiger partial charge in [0.05, 0.1) is 6.07 Å². The molecular formula is C28H42N4O4. The molecule has 2 N–H and O–H groups in total. The topological polar surface area (TPSA) is 112 Å². The second-order valence-electron chi connectivity index (χ2n) is 10.8. The maximum Gasteiger partial charge on any atom is 0.408 e. The van der Waals surface area contributed by atoms with Crippen LogP contribution in [-0.4, -0.2) is 47.0 Å². The van der Waals surface area contributed by atoms with Gasteiger partial charge in [0, 0.05) is 6.04 Å². The number of nitriles is 1. The van der Waals surface area contributed by atoms with E-state index in [2.05, 4.69) is 10.6 Å². The molecule has 0 saturated heterocycles. The molecule has 1 aliphatic carbocycles. The highest BCUT2D eigenvalue weighted by atomic mass is 16.6. The van der Waals surface area contributed by atoms with Gasteiger partial charge in [-0.25, -0.2) is 4.79 Å². The SMILES string of the molecule is CCc1ccc(C(C(=O)NC2CCCCC2)N(CC#N)C(=O)C(NC(=O)OC(C)(C)C)C(C)C)cc1. The molecule has 0 bridgehead atoms. The second kappa shape index (κ2) is 13.3. The molecule has 0 spiro atoms. The predicted octanol–water partition coefficient (Wildman–Crippen LogP) is 4.64. The zero-order valence-corrected chi connectivity index (χ0v) is 22.6. The standard InChI is InChI=1S/C28H42N4O4/c1-7-20-13-15-21(16-14-20)24(25(33)30-22-11-9-8-10-12-22)32(18-17-29)26(34)23(19(2)3)31-27(35)36-28(4,5)6/h13-16,19,22-24H,7-12,18H2,1-6H3,(H,30,33)(H,31,35). The van der Waals surface area contributed by atoms with Crippen LogP contribution in [0.4, 0.5) is 4.79 Å². The van der Waals surface area contributed by atoms with Crippen molar-refractivity contribution in [3.63, 3.8) is 0 Å². The predicted molar refractivity (Wildman–Crippen MR) is 139 cm³/mol. The second-order valence-corrected chi connectivity index (χ2v) is 10.8. The van der Waals surface area contributed by atoms with Crippen LogP contribution in [0.25, 0.3) is 0 Å². The minimum absolute atomic E-state index is 0.0449. The van der Waals surface area contributed by atoms with Gasteiger partial charge >= 0.3 is 6.09 Å². The van der Waals surface area contributed by atoms with Crippen LogP contribution in [0.3, 0.4) is 0 Å². The van der Waals surface area contributed by atoms with Crippen LogP contribution in [0.2, 0.25) is 0 Å². The van der Waals surface area contributed by atoms with Gasteiger partial charge in [-0.05, 0) is 57.1 Å². The molecule has 198 valence electrons. The summed E-state index contributed by atoms with van der Waals surface area (Å²) in [6.07, 6.45) is 5.17. The van der Waals surface area contributed by atoms with Crippen molar-refractivity contribution in [1.82, 2.24) is 15.5 Å². The number of carbonyl (C=O) groups is 3. The largest absolute Gasteiger partial charge is 0.444 e. The van der Waals surface area contributed by atoms with Gasteiger partial charge < -0.3 is 20.3 Å². The highest BCUT2D eigenvalue weighted by molar-refractivity contribution is 5.92. The number of nitrogens with one attached hydrogen (secondary N) is 2. The summed E-state index contributed by atoms with van der Waals surface area (Å²) in [6, 6.07) is 7.68. The van der Waals surface area contributed by atoms with Gasteiger partial charge in [-0.1, -0.05) is 64.3 Å². The molecule has 2 rings (SSSR count). The molecule has 0 heterocycles. The summed E-state index contributed by atoms with van der Waals surface area (Å²) < 4.78 is 5.36. The monoisotopic (exact) mass is 498 g/mol. The molecule has 2 unspecified atom stereocenters. The van der Waals surface area contributed by atoms with E-state index in [0.29, 0.717) is 5.56 Å². The molecular weight excluding hydrogens is 456 g/mol. The lowest BCUT2D eigenvalue weighted by molar-refractivity contribution is -0.142. The number of nitrogens with zero attached hydrogens (tertiary/aromatic N) is 2. The van der Waals surface area contributed by atoms with Crippen LogP contribution in [0.15, 0.2) is 24.3 Å². The van der Waals surface area contributed by atoms with Crippen LogP contribution in [0, 0.1) is 17.2 Å². The molecule has 3 amide bonds. The number of carbonyl (C=O) groups excluding carboxylic acids is 3. The summed E-state index contributed by atoms with van der Waals surface area (Å²) in [7, 11) is 0. The quantitative estimate of drug-likeness (QED) is 0.482. The van der Waals surface area contributed by atoms with E-state index in [0.717, 1.165) is 44.1 Å². The van der Waals surface area contributed by atoms with E-state index in [9.17, 15) is 19.6 Å². The van der Waals surface area contributed by atoms with Crippen molar-refractivity contribution in [1.29, 1.82) is 5.26 Å². The van der Waals surface area contributed by atoms with Crippen LogP contribution < -0.4 is 10.6 Å². The van der Waals surface area contributed by atoms with Crippen molar-refractivity contribution in [3.05, 3.63) is 35.4 Å². The number of amides is 3. The summed E-state index contributed by atoms with van der Waals surface area (Å²) >= 11 is 0. The Morgan fingerprint density at radius 2 is 1.72 bits per heavy atom. The molecule has 1 aromatic rings. The van der Waals surface area contributed by atoms with Crippen molar-refractivity contribution < 1.29 is 19.1 Å². The molecule has 2 atom stereocenters. The normalized spacial score (nSPS) is 15.9. The van der Waals surface area contributed by atoms with Gasteiger partial charge in [0.1, 0.15) is 24.2 Å². The Labute approximate surface area is 215 Å². The van der Waals surface area contributed by atoms with Crippen molar-refractivity contribution >= 4 is 17.9 Å². The number of hydrogen-bond acceptors (Lipinski definition) is 5. The third-order valence-electron chi connectivity index (χ3n) is 6.34. The van der Waals surface area contributed by atoms with E-state index in [4.69, 9.17) is 4.74 Å². The molecule has 1 aliphatic rings. The van der Waals surface area contributed by atoms with E-state index in [1.165, 1.54) is 4.90 Å². The summed E-state index contributed by atoms with van der Waals surface area (Å²) in [4.78, 5) is 41.3. The molecule has 1 saturated carbocycles. The Kier molecular flexibility index (Phi) is 10.8. The number of benzene rings is 1. The van der Waals surface area contributed by atoms with Crippen molar-refractivity contribution in [2.75, 3.05) is 6.54 Å². The zero-order chi connectivity index (χ0) is 26.9. The molecule has 1 fully saturated rings. The fourth-order valence-electron chi connectivity index (χ4n) is 4.43. The minimum atomic E-state index is -0.994. The minimum Gasteiger partial charge on any atom is -0.444 e. The lowest BCUT2D eigenvalue weighted by Gasteiger charge is -2.35. The first-order valence-corrected chi connectivity index (χ1v) is 13.0. The van der Waals surface area contributed by atoms with Crippen LogP contribution in [0.1, 0.15) is 90.8 Å². The number of ether oxygens (including phenoxy) is 1. The molecule has 36 heavy (non-hydrogen) atoms. The Hall–Kier alpha value is -3.08. The third kappa shape index (κ3) is 8.54. The highest BCUT2D eigenvalue weighted by Gasteiger charge is 2.38. The zero-order valence-electron chi connectivity index (χ0n) is 22.6. The van der Waals surface area contributed by atoms with Gasteiger partial charge in [-0.3, -0.25) is 9.59 Å². The van der Waals surface area contributed by atoms with Gasteiger partial charge in [0.15, 0.2) is 0 Å². The molecule has 0 aliphatic heterocycles. The molecule has 8 heteroatoms. The summed E-state index contributed by atoms with van der Waals surface area (Å²) in [5.74, 6) is -1.11. The smallest absolute Gasteiger partial charge is 0.408 e. The average molecular weight is 499 g/mol. The summed E-state index contributed by atoms with van der Waals surface area (Å²) in [6.45, 7) is 10.6. The van der Waals surface area contributed by atoms with Crippen LogP contribution in [0.5, 0.6) is 0 Å². The number of rotatable bonds is 9. The third-order valence-corrected chi connectivity index (χ3v) is 6.34. The lowest BCUT2D eigenvalue weighted by Crippen LogP contribution is -2.55. The van der Waals surface area contributed by atoms with Gasteiger partial charge in [-0.15, -0.1) is 0 Å². The van der Waals surface area contributed by atoms with Crippen molar-refractivity contribution in [2.45, 2.75) is 104 Å². The first-order chi connectivity index (χ1) is 17.0. The first-order valence-electron chi connectivity index (χ1n) is 13.0. The Morgan fingerprint density at radius 1 is 1.11 bits per heavy atom. The van der Waals surface area contributed by atoms with Crippen molar-refractivity contribution in [3.8, 4) is 6.07 Å². The number of aryl methyl sites for hydroxylation is 1. The van der Waals surface area contributed by atoms with Crippen molar-refractivity contribution in [2.24, 2.45) is 5.92 Å². The maximum absolute atomic E-state index is 13.8. The fraction of sp³-hybridized carbons (Fsp3) is 0.643. The molecule has 0 radical (unpaired) electrons. The van der Waals surface area contributed by atoms with Gasteiger partial charge in [-0.2, -0.15) is 5.26 Å². The average Bonchev–Trinajstić information content (AvgIpc) is 2.81. The molecule has 0 aromatic heterocycles. The van der Waals surface area contributed by atoms with Gasteiger partial charge in [0.25, 0.3) is 0 Å². The fourth-order valence-corrected chi connectivity index (χ4v) is 4.43. The summed E-state index contributed by atoms with van der Waals surface area (Å²) in [5.41, 5.74) is 1.00. The van der Waals surface area contributed by atoms with E-state index in [1.54, 1.807) is 34.6 Å². The van der Waals surface area contributed by atoms with Crippen LogP contribution in [-0.2, 0) is 20.7 Å². The van der Waals surface area contributed by atoms with Crippen LogP contribution >= 0.6 is 0 Å². The van der Waals surface area contributed by atoms with E-state index < -0.39 is 29.7 Å². The van der Waals surface area contributed by atoms with E-state index >= 15 is 0 Å². The van der Waals surface area contributed by atoms with E-state index in [-0.39, 0.29) is 24.4 Å². The number of hydrogen-bond donors (Lipinski definition) is 2. The van der Waals surface area contributed by atoms with E-state index in [1.807, 2.05) is 37.3 Å². The Bertz CT molecular complexity index is 924. The Balaban J connectivity index is 2.42.